The summed E-state index contributed by atoms with van der Waals surface area (Å²) in [4.78, 5) is 82.3. The number of piperazine rings is 1. The molecule has 2 fully saturated rings. The number of amides is 5. The smallest absolute Gasteiger partial charge is 0.416 e. The minimum Gasteiger partial charge on any atom is -0.477 e. The highest BCUT2D eigenvalue weighted by molar-refractivity contribution is 6.41. The Morgan fingerprint density at radius 1 is 0.875 bits per heavy atom. The first-order valence-electron chi connectivity index (χ1n) is 17.3. The van der Waals surface area contributed by atoms with Crippen LogP contribution in [0.1, 0.15) is 28.9 Å². The normalized spacial score (nSPS) is 16.5. The van der Waals surface area contributed by atoms with Crippen molar-refractivity contribution in [2.75, 3.05) is 41.7 Å². The highest BCUT2D eigenvalue weighted by Crippen LogP contribution is 2.31. The Morgan fingerprint density at radius 3 is 2.34 bits per heavy atom. The number of carbonyl (C=O) groups excluding carboxylic acids is 4. The van der Waals surface area contributed by atoms with Gasteiger partial charge in [0, 0.05) is 54.4 Å². The van der Waals surface area contributed by atoms with Crippen molar-refractivity contribution in [3.8, 4) is 5.69 Å². The molecule has 2 aliphatic rings. The molecule has 20 heteroatoms. The van der Waals surface area contributed by atoms with Gasteiger partial charge in [-0.1, -0.05) is 23.7 Å². The Hall–Kier alpha value is -6.86. The fourth-order valence-corrected chi connectivity index (χ4v) is 7.04. The van der Waals surface area contributed by atoms with E-state index in [1.165, 1.54) is 45.1 Å². The SMILES string of the molecule is O=C(O)c1cc2cc(NC(=O)C(Cc3ccc(NC(=O)N4CCC[C@H](O)C4)cc3)N3CCN(c4cc(Cl)ccc4-n4cnnn4)C(=O)C3=O)ccc2n1C(=O)O. The summed E-state index contributed by atoms with van der Waals surface area (Å²) in [7, 11) is 0. The quantitative estimate of drug-likeness (QED) is 0.136. The first kappa shape index (κ1) is 37.5. The molecule has 0 radical (unpaired) electrons. The average molecular weight is 785 g/mol. The van der Waals surface area contributed by atoms with Gasteiger partial charge in [-0.3, -0.25) is 14.4 Å². The first-order chi connectivity index (χ1) is 26.9. The Balaban J connectivity index is 1.16. The van der Waals surface area contributed by atoms with Crippen LogP contribution in [-0.2, 0) is 20.8 Å². The van der Waals surface area contributed by atoms with E-state index in [1.54, 1.807) is 36.4 Å². The summed E-state index contributed by atoms with van der Waals surface area (Å²) in [6, 6.07) is 15.0. The number of aromatic carboxylic acids is 1. The Bertz CT molecular complexity index is 2370. The van der Waals surface area contributed by atoms with Crippen LogP contribution in [0.3, 0.4) is 0 Å². The third-order valence-corrected chi connectivity index (χ3v) is 9.79. The van der Waals surface area contributed by atoms with Crippen molar-refractivity contribution >= 4 is 75.4 Å². The zero-order valence-electron chi connectivity index (χ0n) is 29.3. The molecule has 0 saturated carbocycles. The van der Waals surface area contributed by atoms with E-state index in [1.807, 2.05) is 0 Å². The predicted molar refractivity (Wildman–Crippen MR) is 199 cm³/mol. The van der Waals surface area contributed by atoms with Gasteiger partial charge in [-0.25, -0.2) is 19.0 Å². The lowest BCUT2D eigenvalue weighted by Crippen LogP contribution is -2.60. The number of fused-ring (bicyclic) bond motifs is 1. The maximum Gasteiger partial charge on any atom is 0.416 e. The Kier molecular flexibility index (Phi) is 10.4. The number of rotatable bonds is 9. The van der Waals surface area contributed by atoms with Gasteiger partial charge in [0.25, 0.3) is 0 Å². The molecule has 3 aromatic carbocycles. The maximum atomic E-state index is 14.2. The number of β-amino-alcohol motifs (C(OH)–C–C–N with tert-alkyl or cyclic N) is 1. The van der Waals surface area contributed by atoms with Crippen molar-refractivity contribution in [3.05, 3.63) is 89.3 Å². The number of nitrogens with zero attached hydrogens (tertiary/aromatic N) is 8. The lowest BCUT2D eigenvalue weighted by Gasteiger charge is -2.38. The van der Waals surface area contributed by atoms with E-state index in [2.05, 4.69) is 26.2 Å². The zero-order chi connectivity index (χ0) is 39.7. The molecular formula is C36H33ClN10O9. The molecule has 1 unspecified atom stereocenters. The Morgan fingerprint density at radius 2 is 1.64 bits per heavy atom. The minimum absolute atomic E-state index is 0.0351. The maximum absolute atomic E-state index is 14.2. The Labute approximate surface area is 321 Å². The number of aromatic nitrogens is 5. The summed E-state index contributed by atoms with van der Waals surface area (Å²) in [5.74, 6) is -4.07. The number of hydrogen-bond donors (Lipinski definition) is 5. The highest BCUT2D eigenvalue weighted by atomic mass is 35.5. The van der Waals surface area contributed by atoms with E-state index in [9.17, 15) is 44.1 Å². The molecule has 2 aromatic heterocycles. The van der Waals surface area contributed by atoms with Gasteiger partial charge >= 0.3 is 29.9 Å². The molecule has 5 amide bonds. The molecule has 5 N–H and O–H groups in total. The van der Waals surface area contributed by atoms with Crippen LogP contribution in [0.2, 0.25) is 5.02 Å². The molecule has 19 nitrogen and oxygen atoms in total. The number of halogens is 1. The molecule has 2 atom stereocenters. The van der Waals surface area contributed by atoms with Crippen molar-refractivity contribution in [2.24, 2.45) is 0 Å². The molecule has 5 aromatic rings. The van der Waals surface area contributed by atoms with Crippen molar-refractivity contribution in [1.29, 1.82) is 0 Å². The number of benzene rings is 3. The van der Waals surface area contributed by atoms with Crippen molar-refractivity contribution in [2.45, 2.75) is 31.4 Å². The van der Waals surface area contributed by atoms with Gasteiger partial charge in [0.15, 0.2) is 0 Å². The summed E-state index contributed by atoms with van der Waals surface area (Å²) in [5, 5.41) is 46.4. The largest absolute Gasteiger partial charge is 0.477 e. The number of aliphatic hydroxyl groups is 1. The second-order valence-electron chi connectivity index (χ2n) is 13.1. The minimum atomic E-state index is -1.50. The second kappa shape index (κ2) is 15.5. The van der Waals surface area contributed by atoms with Crippen LogP contribution >= 0.6 is 11.6 Å². The van der Waals surface area contributed by atoms with E-state index >= 15 is 0 Å². The zero-order valence-corrected chi connectivity index (χ0v) is 30.0. The van der Waals surface area contributed by atoms with Crippen LogP contribution in [0.25, 0.3) is 16.6 Å². The average Bonchev–Trinajstić information content (AvgIpc) is 3.85. The summed E-state index contributed by atoms with van der Waals surface area (Å²) < 4.78 is 1.93. The number of carbonyl (C=O) groups is 6. The number of aliphatic hydroxyl groups excluding tert-OH is 1. The van der Waals surface area contributed by atoms with E-state index < -0.39 is 47.6 Å². The van der Waals surface area contributed by atoms with Gasteiger partial charge in [0.2, 0.25) is 5.91 Å². The van der Waals surface area contributed by atoms with E-state index in [0.29, 0.717) is 40.9 Å². The fraction of sp³-hybridized carbons (Fsp3) is 0.250. The van der Waals surface area contributed by atoms with Crippen molar-refractivity contribution in [1.82, 2.24) is 34.6 Å². The molecule has 0 aliphatic carbocycles. The second-order valence-corrected chi connectivity index (χ2v) is 13.6. The molecule has 0 bridgehead atoms. The van der Waals surface area contributed by atoms with Crippen LogP contribution in [0.15, 0.2) is 73.1 Å². The summed E-state index contributed by atoms with van der Waals surface area (Å²) in [6.07, 6.45) is 0.460. The van der Waals surface area contributed by atoms with Crippen LogP contribution in [0.5, 0.6) is 0 Å². The van der Waals surface area contributed by atoms with E-state index in [4.69, 9.17) is 11.6 Å². The van der Waals surface area contributed by atoms with E-state index in [0.717, 1.165) is 11.0 Å². The van der Waals surface area contributed by atoms with Gasteiger partial charge in [-0.2, -0.15) is 4.68 Å². The van der Waals surface area contributed by atoms with Gasteiger partial charge in [0.1, 0.15) is 18.1 Å². The summed E-state index contributed by atoms with van der Waals surface area (Å²) in [5.41, 5.74) is 1.44. The lowest BCUT2D eigenvalue weighted by molar-refractivity contribution is -0.149. The highest BCUT2D eigenvalue weighted by Gasteiger charge is 2.41. The fourth-order valence-electron chi connectivity index (χ4n) is 6.87. The molecule has 2 saturated heterocycles. The molecule has 4 heterocycles. The van der Waals surface area contributed by atoms with E-state index in [-0.39, 0.29) is 59.4 Å². The van der Waals surface area contributed by atoms with Gasteiger partial charge < -0.3 is 40.7 Å². The van der Waals surface area contributed by atoms with Crippen LogP contribution < -0.4 is 15.5 Å². The number of anilines is 3. The summed E-state index contributed by atoms with van der Waals surface area (Å²) >= 11 is 6.29. The molecule has 0 spiro atoms. The van der Waals surface area contributed by atoms with Gasteiger partial charge in [0.05, 0.1) is 23.0 Å². The van der Waals surface area contributed by atoms with Gasteiger partial charge in [-0.05, 0) is 83.4 Å². The molecule has 56 heavy (non-hydrogen) atoms. The standard InChI is InChI=1S/C36H33ClN10O9/c37-22-5-9-27(46-19-38-41-42-46)28(17-22)44-12-13-45(33(51)32(44)50)29(14-20-3-6-23(7-4-20)40-35(54)43-11-1-2-25(48)18-43)31(49)39-24-8-10-26-21(15-24)16-30(34(52)53)47(26)36(55)56/h3-10,15-17,19,25,29,48H,1-2,11-14,18H2,(H,39,49)(H,40,54)(H,52,53)(H,55,56)/t25-,29?/m0/s1. The molecule has 288 valence electrons. The number of nitrogens with one attached hydrogen (secondary N) is 2. The lowest BCUT2D eigenvalue weighted by atomic mass is 10.0. The van der Waals surface area contributed by atoms with Crippen LogP contribution in [0.4, 0.5) is 26.7 Å². The van der Waals surface area contributed by atoms with Crippen molar-refractivity contribution in [3.63, 3.8) is 0 Å². The van der Waals surface area contributed by atoms with Crippen LogP contribution in [0, 0.1) is 0 Å². The number of carboxylic acid groups (broad SMARTS) is 2. The summed E-state index contributed by atoms with van der Waals surface area (Å²) in [6.45, 7) is 0.609. The number of likely N-dealkylation sites (tertiary alicyclic amines) is 1. The number of carboxylic acids is 1. The number of urea groups is 1. The van der Waals surface area contributed by atoms with Gasteiger partial charge in [-0.15, -0.1) is 5.10 Å². The van der Waals surface area contributed by atoms with Crippen molar-refractivity contribution < 1.29 is 44.1 Å². The third kappa shape index (κ3) is 7.57. The monoisotopic (exact) mass is 784 g/mol. The molecule has 7 rings (SSSR count). The number of piperidine rings is 1. The number of tetrazole rings is 1. The molecule has 2 aliphatic heterocycles. The molecular weight excluding hydrogens is 752 g/mol. The van der Waals surface area contributed by atoms with Crippen LogP contribution in [-0.4, -0.2) is 124 Å². The predicted octanol–water partition coefficient (Wildman–Crippen LogP) is 2.91. The number of hydrogen-bond acceptors (Lipinski definition) is 10. The third-order valence-electron chi connectivity index (χ3n) is 9.55. The topological polar surface area (TPSA) is 245 Å². The first-order valence-corrected chi connectivity index (χ1v) is 17.7.